The number of benzene rings is 1. The molecule has 3 nitrogen and oxygen atoms in total. The molecule has 0 radical (unpaired) electrons. The molecule has 2 rings (SSSR count). The molecule has 1 aromatic carbocycles. The fourth-order valence-corrected chi connectivity index (χ4v) is 2.28. The van der Waals surface area contributed by atoms with Crippen molar-refractivity contribution in [3.05, 3.63) is 45.7 Å². The van der Waals surface area contributed by atoms with Gasteiger partial charge in [-0.05, 0) is 37.1 Å². The Hall–Kier alpha value is -1.96. The van der Waals surface area contributed by atoms with Gasteiger partial charge in [0.1, 0.15) is 5.82 Å². The third kappa shape index (κ3) is 3.78. The summed E-state index contributed by atoms with van der Waals surface area (Å²) in [6.07, 6.45) is -3.54. The Bertz CT molecular complexity index is 677. The monoisotopic (exact) mass is 317 g/mol. The van der Waals surface area contributed by atoms with E-state index in [4.69, 9.17) is 0 Å². The number of hydrogen-bond donors (Lipinski definition) is 1. The largest absolute Gasteiger partial charge is 0.419 e. The Labute approximate surface area is 122 Å². The number of nitrogens with zero attached hydrogens (tertiary/aromatic N) is 2. The maximum Gasteiger partial charge on any atom is 0.419 e. The number of nitrogens with one attached hydrogen (secondary N) is 1. The van der Waals surface area contributed by atoms with Crippen LogP contribution >= 0.6 is 11.3 Å². The molecule has 21 heavy (non-hydrogen) atoms. The van der Waals surface area contributed by atoms with Crippen molar-refractivity contribution in [3.63, 3.8) is 0 Å². The first-order valence-corrected chi connectivity index (χ1v) is 6.74. The number of rotatable bonds is 3. The van der Waals surface area contributed by atoms with Crippen LogP contribution in [0.25, 0.3) is 0 Å². The fourth-order valence-electron chi connectivity index (χ4n) is 1.65. The van der Waals surface area contributed by atoms with Gasteiger partial charge in [0, 0.05) is 5.38 Å². The average molecular weight is 317 g/mol. The smallest absolute Gasteiger partial charge is 0.253 e. The number of hydrazone groups is 1. The van der Waals surface area contributed by atoms with Gasteiger partial charge in [-0.15, -0.1) is 11.3 Å². The minimum atomic E-state index is -4.74. The van der Waals surface area contributed by atoms with Gasteiger partial charge in [0.15, 0.2) is 0 Å². The summed E-state index contributed by atoms with van der Waals surface area (Å²) >= 11 is 1.32. The van der Waals surface area contributed by atoms with Crippen LogP contribution in [0.2, 0.25) is 0 Å². The van der Waals surface area contributed by atoms with Crippen LogP contribution in [0, 0.1) is 19.7 Å². The van der Waals surface area contributed by atoms with Crippen LogP contribution in [0.1, 0.15) is 22.4 Å². The first-order valence-electron chi connectivity index (χ1n) is 5.86. The van der Waals surface area contributed by atoms with Crippen LogP contribution in [0.15, 0.2) is 22.6 Å². The topological polar surface area (TPSA) is 37.3 Å². The van der Waals surface area contributed by atoms with E-state index in [2.05, 4.69) is 15.5 Å². The minimum absolute atomic E-state index is 0.0867. The minimum Gasteiger partial charge on any atom is -0.253 e. The molecular weight excluding hydrogens is 306 g/mol. The lowest BCUT2D eigenvalue weighted by Gasteiger charge is -2.10. The third-order valence-electron chi connectivity index (χ3n) is 2.58. The van der Waals surface area contributed by atoms with Crippen molar-refractivity contribution >= 4 is 22.7 Å². The van der Waals surface area contributed by atoms with Gasteiger partial charge in [0.05, 0.1) is 17.5 Å². The van der Waals surface area contributed by atoms with E-state index >= 15 is 0 Å². The molecule has 0 amide bonds. The number of halogens is 4. The van der Waals surface area contributed by atoms with Gasteiger partial charge >= 0.3 is 6.18 Å². The van der Waals surface area contributed by atoms with Crippen molar-refractivity contribution in [3.8, 4) is 0 Å². The lowest BCUT2D eigenvalue weighted by Crippen LogP contribution is -2.10. The lowest BCUT2D eigenvalue weighted by atomic mass is 10.1. The molecule has 0 aliphatic heterocycles. The summed E-state index contributed by atoms with van der Waals surface area (Å²) in [5.74, 6) is -1.26. The molecule has 0 aliphatic carbocycles. The van der Waals surface area contributed by atoms with Gasteiger partial charge in [-0.1, -0.05) is 0 Å². The number of alkyl halides is 3. The highest BCUT2D eigenvalue weighted by Gasteiger charge is 2.34. The SMILES string of the molecule is Cc1csc(NN=Cc2cc(C)c(F)c(C(F)(F)F)c2)n1. The van der Waals surface area contributed by atoms with Gasteiger partial charge in [0.2, 0.25) is 5.13 Å². The van der Waals surface area contributed by atoms with Crippen molar-refractivity contribution in [1.82, 2.24) is 4.98 Å². The second-order valence-corrected chi connectivity index (χ2v) is 5.22. The summed E-state index contributed by atoms with van der Waals surface area (Å²) in [5, 5.41) is 6.14. The van der Waals surface area contributed by atoms with Crippen LogP contribution in [0.3, 0.4) is 0 Å². The van der Waals surface area contributed by atoms with Crippen molar-refractivity contribution in [2.24, 2.45) is 5.10 Å². The van der Waals surface area contributed by atoms with Crippen LogP contribution < -0.4 is 5.43 Å². The number of thiazole rings is 1. The predicted octanol–water partition coefficient (Wildman–Crippen LogP) is 4.36. The number of hydrogen-bond acceptors (Lipinski definition) is 4. The molecule has 1 aromatic heterocycles. The summed E-state index contributed by atoms with van der Waals surface area (Å²) in [6.45, 7) is 3.09. The number of anilines is 1. The molecule has 0 unspecified atom stereocenters. The van der Waals surface area contributed by atoms with E-state index in [-0.39, 0.29) is 11.1 Å². The molecule has 1 N–H and O–H groups in total. The van der Waals surface area contributed by atoms with E-state index < -0.39 is 17.6 Å². The zero-order chi connectivity index (χ0) is 15.6. The molecule has 0 atom stereocenters. The van der Waals surface area contributed by atoms with E-state index in [1.54, 1.807) is 0 Å². The summed E-state index contributed by atoms with van der Waals surface area (Å²) in [5.41, 5.74) is 2.19. The van der Waals surface area contributed by atoms with Gasteiger partial charge in [-0.3, -0.25) is 5.43 Å². The average Bonchev–Trinajstić information content (AvgIpc) is 2.78. The molecule has 0 saturated heterocycles. The van der Waals surface area contributed by atoms with Crippen molar-refractivity contribution in [1.29, 1.82) is 0 Å². The second kappa shape index (κ2) is 5.80. The Kier molecular flexibility index (Phi) is 4.26. The maximum atomic E-state index is 13.5. The zero-order valence-corrected chi connectivity index (χ0v) is 11.9. The first kappa shape index (κ1) is 15.4. The van der Waals surface area contributed by atoms with Crippen LogP contribution in [0.5, 0.6) is 0 Å². The normalized spacial score (nSPS) is 12.1. The summed E-state index contributed by atoms with van der Waals surface area (Å²) in [7, 11) is 0. The van der Waals surface area contributed by atoms with Crippen molar-refractivity contribution in [2.45, 2.75) is 20.0 Å². The lowest BCUT2D eigenvalue weighted by molar-refractivity contribution is -0.140. The molecule has 0 fully saturated rings. The predicted molar refractivity (Wildman–Crippen MR) is 74.2 cm³/mol. The molecule has 8 heteroatoms. The molecular formula is C13H11F4N3S. The van der Waals surface area contributed by atoms with Crippen LogP contribution in [-0.4, -0.2) is 11.2 Å². The van der Waals surface area contributed by atoms with Crippen molar-refractivity contribution in [2.75, 3.05) is 5.43 Å². The molecule has 0 aliphatic rings. The summed E-state index contributed by atoms with van der Waals surface area (Å²) in [4.78, 5) is 4.08. The molecule has 112 valence electrons. The summed E-state index contributed by atoms with van der Waals surface area (Å²) in [6, 6.07) is 2.02. The first-order chi connectivity index (χ1) is 9.77. The molecule has 0 spiro atoms. The van der Waals surface area contributed by atoms with Crippen molar-refractivity contribution < 1.29 is 17.6 Å². The van der Waals surface area contributed by atoms with Crippen LogP contribution in [0.4, 0.5) is 22.7 Å². The highest BCUT2D eigenvalue weighted by atomic mass is 32.1. The molecule has 2 aromatic rings. The quantitative estimate of drug-likeness (QED) is 0.519. The van der Waals surface area contributed by atoms with E-state index in [9.17, 15) is 17.6 Å². The van der Waals surface area contributed by atoms with E-state index in [0.717, 1.165) is 11.8 Å². The third-order valence-corrected chi connectivity index (χ3v) is 3.44. The molecule has 0 bridgehead atoms. The van der Waals surface area contributed by atoms with E-state index in [1.807, 2.05) is 12.3 Å². The Morgan fingerprint density at radius 3 is 2.57 bits per heavy atom. The Balaban J connectivity index is 2.22. The Morgan fingerprint density at radius 1 is 1.29 bits per heavy atom. The van der Waals surface area contributed by atoms with Crippen LogP contribution in [-0.2, 0) is 6.18 Å². The fraction of sp³-hybridized carbons (Fsp3) is 0.231. The highest BCUT2D eigenvalue weighted by Crippen LogP contribution is 2.33. The highest BCUT2D eigenvalue weighted by molar-refractivity contribution is 7.13. The number of aryl methyl sites for hydroxylation is 2. The second-order valence-electron chi connectivity index (χ2n) is 4.36. The Morgan fingerprint density at radius 2 is 2.00 bits per heavy atom. The standard InChI is InChI=1S/C13H11F4N3S/c1-7-3-9(4-10(11(7)14)13(15,16)17)5-18-20-12-19-8(2)6-21-12/h3-6H,1-2H3,(H,19,20). The van der Waals surface area contributed by atoms with E-state index in [0.29, 0.717) is 5.13 Å². The zero-order valence-electron chi connectivity index (χ0n) is 11.1. The van der Waals surface area contributed by atoms with Gasteiger partial charge < -0.3 is 0 Å². The molecule has 0 saturated carbocycles. The van der Waals surface area contributed by atoms with E-state index in [1.165, 1.54) is 30.5 Å². The van der Waals surface area contributed by atoms with Gasteiger partial charge in [-0.2, -0.15) is 18.3 Å². The van der Waals surface area contributed by atoms with Gasteiger partial charge in [-0.25, -0.2) is 9.37 Å². The molecule has 1 heterocycles. The maximum absolute atomic E-state index is 13.5. The number of aromatic nitrogens is 1. The van der Waals surface area contributed by atoms with Gasteiger partial charge in [0.25, 0.3) is 0 Å². The summed E-state index contributed by atoms with van der Waals surface area (Å²) < 4.78 is 51.5.